The summed E-state index contributed by atoms with van der Waals surface area (Å²) in [7, 11) is 0. The highest BCUT2D eigenvalue weighted by Gasteiger charge is 2.16. The first kappa shape index (κ1) is 14.4. The first-order valence-electron chi connectivity index (χ1n) is 6.71. The van der Waals surface area contributed by atoms with Gasteiger partial charge >= 0.3 is 0 Å². The molecule has 0 aliphatic carbocycles. The molecule has 3 aromatic carbocycles. The lowest BCUT2D eigenvalue weighted by molar-refractivity contribution is 0.606. The molecule has 0 radical (unpaired) electrons. The number of alkyl halides is 1. The quantitative estimate of drug-likeness (QED) is 0.508. The Hall–Kier alpha value is -1.57. The monoisotopic (exact) mass is 318 g/mol. The van der Waals surface area contributed by atoms with E-state index in [9.17, 15) is 4.39 Å². The Morgan fingerprint density at radius 2 is 1.62 bits per heavy atom. The fraction of sp³-hybridized carbons (Fsp3) is 0.111. The SMILES string of the molecule is Fc1c(Cl)cccc1C(Cl)Cc1cccc2ccccc12. The lowest BCUT2D eigenvalue weighted by Crippen LogP contribution is -2.00. The van der Waals surface area contributed by atoms with Crippen molar-refractivity contribution < 1.29 is 4.39 Å². The van der Waals surface area contributed by atoms with E-state index >= 15 is 0 Å². The Morgan fingerprint density at radius 1 is 0.905 bits per heavy atom. The molecule has 3 aromatic rings. The van der Waals surface area contributed by atoms with Gasteiger partial charge in [-0.25, -0.2) is 4.39 Å². The minimum atomic E-state index is -0.450. The van der Waals surface area contributed by atoms with E-state index in [1.54, 1.807) is 12.1 Å². The summed E-state index contributed by atoms with van der Waals surface area (Å²) >= 11 is 12.2. The van der Waals surface area contributed by atoms with Gasteiger partial charge in [-0.15, -0.1) is 11.6 Å². The second-order valence-corrected chi connectivity index (χ2v) is 5.89. The third kappa shape index (κ3) is 2.90. The molecule has 0 N–H and O–H groups in total. The summed E-state index contributed by atoms with van der Waals surface area (Å²) < 4.78 is 14.1. The summed E-state index contributed by atoms with van der Waals surface area (Å²) in [6.07, 6.45) is 0.556. The van der Waals surface area contributed by atoms with Crippen LogP contribution in [0.1, 0.15) is 16.5 Å². The number of hydrogen-bond acceptors (Lipinski definition) is 0. The van der Waals surface area contributed by atoms with Crippen molar-refractivity contribution in [2.45, 2.75) is 11.8 Å². The minimum Gasteiger partial charge on any atom is -0.205 e. The van der Waals surface area contributed by atoms with Gasteiger partial charge in [0, 0.05) is 5.56 Å². The van der Waals surface area contributed by atoms with Crippen LogP contribution in [0.25, 0.3) is 10.8 Å². The zero-order valence-corrected chi connectivity index (χ0v) is 12.7. The molecule has 3 rings (SSSR count). The van der Waals surface area contributed by atoms with E-state index in [4.69, 9.17) is 23.2 Å². The normalized spacial score (nSPS) is 12.5. The highest BCUT2D eigenvalue weighted by atomic mass is 35.5. The Balaban J connectivity index is 1.97. The highest BCUT2D eigenvalue weighted by molar-refractivity contribution is 6.31. The van der Waals surface area contributed by atoms with Crippen LogP contribution in [0.5, 0.6) is 0 Å². The van der Waals surface area contributed by atoms with Crippen LogP contribution in [-0.4, -0.2) is 0 Å². The van der Waals surface area contributed by atoms with Crippen LogP contribution in [0.2, 0.25) is 5.02 Å². The Morgan fingerprint density at radius 3 is 2.48 bits per heavy atom. The molecule has 0 saturated carbocycles. The molecule has 0 bridgehead atoms. The summed E-state index contributed by atoms with van der Waals surface area (Å²) in [6.45, 7) is 0. The number of hydrogen-bond donors (Lipinski definition) is 0. The van der Waals surface area contributed by atoms with Crippen LogP contribution in [0.15, 0.2) is 60.7 Å². The van der Waals surface area contributed by atoms with E-state index in [-0.39, 0.29) is 5.02 Å². The van der Waals surface area contributed by atoms with Gasteiger partial charge in [0.2, 0.25) is 0 Å². The molecule has 3 heteroatoms. The van der Waals surface area contributed by atoms with Gasteiger partial charge in [-0.05, 0) is 28.8 Å². The summed E-state index contributed by atoms with van der Waals surface area (Å²) in [5, 5.41) is 1.96. The van der Waals surface area contributed by atoms with E-state index in [2.05, 4.69) is 18.2 Å². The molecule has 0 nitrogen and oxygen atoms in total. The van der Waals surface area contributed by atoms with Crippen molar-refractivity contribution in [1.82, 2.24) is 0 Å². The van der Waals surface area contributed by atoms with Crippen molar-refractivity contribution in [3.63, 3.8) is 0 Å². The highest BCUT2D eigenvalue weighted by Crippen LogP contribution is 2.32. The number of rotatable bonds is 3. The smallest absolute Gasteiger partial charge is 0.146 e. The zero-order valence-electron chi connectivity index (χ0n) is 11.2. The lowest BCUT2D eigenvalue weighted by atomic mass is 9.98. The third-order valence-corrected chi connectivity index (χ3v) is 4.28. The van der Waals surface area contributed by atoms with E-state index in [0.29, 0.717) is 12.0 Å². The predicted octanol–water partition coefficient (Wildman–Crippen LogP) is 6.15. The van der Waals surface area contributed by atoms with Crippen molar-refractivity contribution in [3.05, 3.63) is 82.6 Å². The van der Waals surface area contributed by atoms with Crippen molar-refractivity contribution in [2.24, 2.45) is 0 Å². The molecule has 1 unspecified atom stereocenters. The molecular formula is C18H13Cl2F. The Bertz CT molecular complexity index is 778. The number of halogens is 3. The van der Waals surface area contributed by atoms with Crippen LogP contribution < -0.4 is 0 Å². The average Bonchev–Trinajstić information content (AvgIpc) is 2.50. The number of fused-ring (bicyclic) bond motifs is 1. The van der Waals surface area contributed by atoms with Crippen molar-refractivity contribution in [1.29, 1.82) is 0 Å². The molecule has 0 amide bonds. The van der Waals surface area contributed by atoms with E-state index < -0.39 is 11.2 Å². The van der Waals surface area contributed by atoms with E-state index in [1.807, 2.05) is 24.3 Å². The maximum Gasteiger partial charge on any atom is 0.146 e. The van der Waals surface area contributed by atoms with Gasteiger partial charge in [0.1, 0.15) is 5.82 Å². The lowest BCUT2D eigenvalue weighted by Gasteiger charge is -2.13. The summed E-state index contributed by atoms with van der Waals surface area (Å²) in [5.74, 6) is -0.431. The van der Waals surface area contributed by atoms with Gasteiger partial charge < -0.3 is 0 Å². The molecule has 0 fully saturated rings. The molecule has 0 aromatic heterocycles. The van der Waals surface area contributed by atoms with Crippen LogP contribution in [0.4, 0.5) is 4.39 Å². The first-order chi connectivity index (χ1) is 10.2. The van der Waals surface area contributed by atoms with Gasteiger partial charge in [0.05, 0.1) is 10.4 Å². The largest absolute Gasteiger partial charge is 0.205 e. The molecule has 0 spiro atoms. The van der Waals surface area contributed by atoms with Gasteiger partial charge in [0.15, 0.2) is 0 Å². The van der Waals surface area contributed by atoms with Crippen LogP contribution in [-0.2, 0) is 6.42 Å². The van der Waals surface area contributed by atoms with Crippen LogP contribution >= 0.6 is 23.2 Å². The van der Waals surface area contributed by atoms with Crippen molar-refractivity contribution in [2.75, 3.05) is 0 Å². The Kier molecular flexibility index (Phi) is 4.14. The fourth-order valence-corrected chi connectivity index (χ4v) is 3.05. The topological polar surface area (TPSA) is 0 Å². The van der Waals surface area contributed by atoms with Gasteiger partial charge in [-0.2, -0.15) is 0 Å². The standard InChI is InChI=1S/C18H13Cl2F/c19-16-10-4-9-15(18(16)21)17(20)11-13-7-3-6-12-5-1-2-8-14(12)13/h1-10,17H,11H2. The summed E-state index contributed by atoms with van der Waals surface area (Å²) in [5.41, 5.74) is 1.55. The average molecular weight is 319 g/mol. The maximum atomic E-state index is 14.1. The van der Waals surface area contributed by atoms with Crippen LogP contribution in [0.3, 0.4) is 0 Å². The second-order valence-electron chi connectivity index (χ2n) is 4.95. The third-order valence-electron chi connectivity index (χ3n) is 3.60. The molecular weight excluding hydrogens is 306 g/mol. The van der Waals surface area contributed by atoms with Gasteiger partial charge in [-0.3, -0.25) is 0 Å². The first-order valence-corrected chi connectivity index (χ1v) is 7.53. The molecule has 1 atom stereocenters. The predicted molar refractivity (Wildman–Crippen MR) is 87.7 cm³/mol. The van der Waals surface area contributed by atoms with E-state index in [1.165, 1.54) is 6.07 Å². The minimum absolute atomic E-state index is 0.107. The second kappa shape index (κ2) is 6.05. The van der Waals surface area contributed by atoms with Gasteiger partial charge in [0.25, 0.3) is 0 Å². The maximum absolute atomic E-state index is 14.1. The van der Waals surface area contributed by atoms with Crippen molar-refractivity contribution >= 4 is 34.0 Å². The number of benzene rings is 3. The molecule has 0 saturated heterocycles. The molecule has 106 valence electrons. The van der Waals surface area contributed by atoms with Crippen molar-refractivity contribution in [3.8, 4) is 0 Å². The van der Waals surface area contributed by atoms with E-state index in [0.717, 1.165) is 16.3 Å². The molecule has 0 aliphatic rings. The zero-order chi connectivity index (χ0) is 14.8. The molecule has 21 heavy (non-hydrogen) atoms. The summed E-state index contributed by atoms with van der Waals surface area (Å²) in [6, 6.07) is 19.1. The summed E-state index contributed by atoms with van der Waals surface area (Å²) in [4.78, 5) is 0. The van der Waals surface area contributed by atoms with Crippen LogP contribution in [0, 0.1) is 5.82 Å². The molecule has 0 aliphatic heterocycles. The van der Waals surface area contributed by atoms with Gasteiger partial charge in [-0.1, -0.05) is 66.2 Å². The molecule has 0 heterocycles. The fourth-order valence-electron chi connectivity index (χ4n) is 2.54. The Labute approximate surface area is 133 Å².